The zero-order valence-corrected chi connectivity index (χ0v) is 5.12. The number of allylic oxidation sites excluding steroid dienone is 2. The number of hydrogen-bond donors (Lipinski definition) is 0. The third-order valence-electron chi connectivity index (χ3n) is 0.704. The van der Waals surface area contributed by atoms with Gasteiger partial charge in [-0.1, -0.05) is 11.6 Å². The van der Waals surface area contributed by atoms with Gasteiger partial charge in [0, 0.05) is 6.32 Å². The Kier molecular flexibility index (Phi) is 3.49. The molecule has 0 spiro atoms. The maximum Gasteiger partial charge on any atom is 0.541 e. The molecule has 0 rings (SSSR count). The van der Waals surface area contributed by atoms with Gasteiger partial charge < -0.3 is 0 Å². The zero-order chi connectivity index (χ0) is 6.57. The largest absolute Gasteiger partial charge is 0.541 e. The SMILES string of the molecule is CC(C)=CCB(F)F. The minimum absolute atomic E-state index is 0.109. The van der Waals surface area contributed by atoms with Crippen LogP contribution in [0.5, 0.6) is 0 Å². The van der Waals surface area contributed by atoms with Crippen molar-refractivity contribution in [3.8, 4) is 0 Å². The molecular formula is C5H9BF2. The second-order valence-corrected chi connectivity index (χ2v) is 1.91. The van der Waals surface area contributed by atoms with Crippen LogP contribution in [0, 0.1) is 0 Å². The van der Waals surface area contributed by atoms with Gasteiger partial charge in [-0.2, -0.15) is 0 Å². The average molecular weight is 118 g/mol. The second-order valence-electron chi connectivity index (χ2n) is 1.91. The highest BCUT2D eigenvalue weighted by Gasteiger charge is 2.07. The summed E-state index contributed by atoms with van der Waals surface area (Å²) < 4.78 is 22.7. The second kappa shape index (κ2) is 3.64. The van der Waals surface area contributed by atoms with Crippen LogP contribution in [0.2, 0.25) is 6.32 Å². The topological polar surface area (TPSA) is 0 Å². The van der Waals surface area contributed by atoms with E-state index in [0.717, 1.165) is 5.57 Å². The molecule has 0 heterocycles. The monoisotopic (exact) mass is 118 g/mol. The molecule has 0 aromatic rings. The zero-order valence-electron chi connectivity index (χ0n) is 5.12. The molecule has 0 bridgehead atoms. The highest BCUT2D eigenvalue weighted by Crippen LogP contribution is 1.99. The van der Waals surface area contributed by atoms with Crippen molar-refractivity contribution in [2.45, 2.75) is 20.2 Å². The fraction of sp³-hybridized carbons (Fsp3) is 0.600. The van der Waals surface area contributed by atoms with Gasteiger partial charge in [0.05, 0.1) is 0 Å². The third-order valence-corrected chi connectivity index (χ3v) is 0.704. The molecule has 3 heteroatoms. The maximum atomic E-state index is 11.4. The molecular weight excluding hydrogens is 109 g/mol. The molecule has 0 atom stereocenters. The Morgan fingerprint density at radius 3 is 2.12 bits per heavy atom. The molecule has 0 amide bonds. The molecule has 0 fully saturated rings. The average Bonchev–Trinajstić information content (AvgIpc) is 1.61. The Labute approximate surface area is 48.8 Å². The number of hydrogen-bond acceptors (Lipinski definition) is 0. The van der Waals surface area contributed by atoms with E-state index in [1.165, 1.54) is 6.08 Å². The van der Waals surface area contributed by atoms with Crippen LogP contribution in [0.1, 0.15) is 13.8 Å². The lowest BCUT2D eigenvalue weighted by Gasteiger charge is -1.86. The molecule has 0 aliphatic carbocycles. The fourth-order valence-electron chi connectivity index (χ4n) is 0.325. The van der Waals surface area contributed by atoms with E-state index in [4.69, 9.17) is 0 Å². The Bertz CT molecular complexity index is 84.4. The molecule has 0 radical (unpaired) electrons. The van der Waals surface area contributed by atoms with Gasteiger partial charge in [-0.3, -0.25) is 8.63 Å². The van der Waals surface area contributed by atoms with Crippen molar-refractivity contribution in [1.29, 1.82) is 0 Å². The van der Waals surface area contributed by atoms with Crippen molar-refractivity contribution in [2.75, 3.05) is 0 Å². The Balaban J connectivity index is 3.29. The van der Waals surface area contributed by atoms with Gasteiger partial charge in [0.1, 0.15) is 0 Å². The number of rotatable bonds is 2. The van der Waals surface area contributed by atoms with Gasteiger partial charge in [-0.05, 0) is 13.8 Å². The molecule has 0 nitrogen and oxygen atoms in total. The first-order valence-electron chi connectivity index (χ1n) is 2.54. The van der Waals surface area contributed by atoms with Crippen LogP contribution >= 0.6 is 0 Å². The lowest BCUT2D eigenvalue weighted by atomic mass is 9.92. The molecule has 0 aromatic heterocycles. The molecule has 0 saturated carbocycles. The molecule has 46 valence electrons. The molecule has 0 saturated heterocycles. The predicted octanol–water partition coefficient (Wildman–Crippen LogP) is 2.38. The molecule has 0 aliphatic heterocycles. The van der Waals surface area contributed by atoms with Gasteiger partial charge >= 0.3 is 7.27 Å². The van der Waals surface area contributed by atoms with Crippen molar-refractivity contribution in [3.05, 3.63) is 11.6 Å². The van der Waals surface area contributed by atoms with Crippen molar-refractivity contribution in [2.24, 2.45) is 0 Å². The summed E-state index contributed by atoms with van der Waals surface area (Å²) in [6.45, 7) is 3.62. The van der Waals surface area contributed by atoms with Crippen LogP contribution in [-0.4, -0.2) is 7.27 Å². The van der Waals surface area contributed by atoms with Crippen LogP contribution in [0.25, 0.3) is 0 Å². The first-order chi connectivity index (χ1) is 3.63. The summed E-state index contributed by atoms with van der Waals surface area (Å²) in [4.78, 5) is 0. The summed E-state index contributed by atoms with van der Waals surface area (Å²) in [5, 5.41) is 0. The lowest BCUT2D eigenvalue weighted by molar-refractivity contribution is 0.663. The molecule has 8 heavy (non-hydrogen) atoms. The van der Waals surface area contributed by atoms with Gasteiger partial charge in [0.2, 0.25) is 0 Å². The van der Waals surface area contributed by atoms with E-state index >= 15 is 0 Å². The standard InChI is InChI=1S/C5H9BF2/c1-5(2)3-4-6(7)8/h3H,4H2,1-2H3. The highest BCUT2D eigenvalue weighted by molar-refractivity contribution is 6.43. The maximum absolute atomic E-state index is 11.4. The van der Waals surface area contributed by atoms with Crippen molar-refractivity contribution in [1.82, 2.24) is 0 Å². The minimum Gasteiger partial charge on any atom is -0.287 e. The van der Waals surface area contributed by atoms with E-state index in [1.54, 1.807) is 0 Å². The van der Waals surface area contributed by atoms with E-state index in [1.807, 2.05) is 13.8 Å². The first kappa shape index (κ1) is 7.66. The molecule has 0 N–H and O–H groups in total. The molecule has 0 aliphatic rings. The first-order valence-corrected chi connectivity index (χ1v) is 2.54. The summed E-state index contributed by atoms with van der Waals surface area (Å²) in [5.74, 6) is 0. The summed E-state index contributed by atoms with van der Waals surface area (Å²) in [7, 11) is -2.19. The van der Waals surface area contributed by atoms with Gasteiger partial charge in [-0.25, -0.2) is 0 Å². The van der Waals surface area contributed by atoms with E-state index in [-0.39, 0.29) is 6.32 Å². The minimum atomic E-state index is -2.19. The van der Waals surface area contributed by atoms with E-state index in [0.29, 0.717) is 0 Å². The third kappa shape index (κ3) is 5.66. The number of halogens is 2. The quantitative estimate of drug-likeness (QED) is 0.385. The summed E-state index contributed by atoms with van der Waals surface area (Å²) in [5.41, 5.74) is 0.949. The van der Waals surface area contributed by atoms with Crippen molar-refractivity contribution < 1.29 is 8.63 Å². The van der Waals surface area contributed by atoms with Gasteiger partial charge in [0.25, 0.3) is 0 Å². The van der Waals surface area contributed by atoms with Crippen LogP contribution in [0.4, 0.5) is 8.63 Å². The molecule has 0 aromatic carbocycles. The van der Waals surface area contributed by atoms with Crippen LogP contribution in [0.15, 0.2) is 11.6 Å². The predicted molar refractivity (Wildman–Crippen MR) is 32.2 cm³/mol. The molecule has 0 unspecified atom stereocenters. The lowest BCUT2D eigenvalue weighted by Crippen LogP contribution is -1.91. The van der Waals surface area contributed by atoms with Crippen LogP contribution in [-0.2, 0) is 0 Å². The van der Waals surface area contributed by atoms with Crippen LogP contribution in [0.3, 0.4) is 0 Å². The Hall–Kier alpha value is -0.335. The summed E-state index contributed by atoms with van der Waals surface area (Å²) in [6, 6.07) is 0. The van der Waals surface area contributed by atoms with Crippen molar-refractivity contribution >= 4 is 7.27 Å². The van der Waals surface area contributed by atoms with Crippen molar-refractivity contribution in [3.63, 3.8) is 0 Å². The summed E-state index contributed by atoms with van der Waals surface area (Å²) in [6.07, 6.45) is 1.42. The smallest absolute Gasteiger partial charge is 0.287 e. The van der Waals surface area contributed by atoms with E-state index < -0.39 is 7.27 Å². The van der Waals surface area contributed by atoms with E-state index in [2.05, 4.69) is 0 Å². The van der Waals surface area contributed by atoms with Crippen LogP contribution < -0.4 is 0 Å². The van der Waals surface area contributed by atoms with Gasteiger partial charge in [0.15, 0.2) is 0 Å². The van der Waals surface area contributed by atoms with Gasteiger partial charge in [-0.15, -0.1) is 0 Å². The summed E-state index contributed by atoms with van der Waals surface area (Å²) >= 11 is 0. The fourth-order valence-corrected chi connectivity index (χ4v) is 0.325. The Morgan fingerprint density at radius 1 is 1.50 bits per heavy atom. The normalized spacial score (nSPS) is 8.50. The highest BCUT2D eigenvalue weighted by atomic mass is 19.2. The Morgan fingerprint density at radius 2 is 2.00 bits per heavy atom. The van der Waals surface area contributed by atoms with E-state index in [9.17, 15) is 8.63 Å².